The van der Waals surface area contributed by atoms with Crippen molar-refractivity contribution in [2.24, 2.45) is 0 Å². The van der Waals surface area contributed by atoms with Crippen LogP contribution in [0.25, 0.3) is 0 Å². The first-order valence-electron chi connectivity index (χ1n) is 5.15. The van der Waals surface area contributed by atoms with E-state index in [0.29, 0.717) is 11.5 Å². The van der Waals surface area contributed by atoms with Crippen molar-refractivity contribution in [1.29, 1.82) is 5.26 Å². The predicted molar refractivity (Wildman–Crippen MR) is 60.7 cm³/mol. The lowest BCUT2D eigenvalue weighted by atomic mass is 10.1. The van der Waals surface area contributed by atoms with Gasteiger partial charge < -0.3 is 9.47 Å². The van der Waals surface area contributed by atoms with E-state index < -0.39 is 0 Å². The Morgan fingerprint density at radius 2 is 2.12 bits per heavy atom. The predicted octanol–water partition coefficient (Wildman–Crippen LogP) is 2.42. The highest BCUT2D eigenvalue weighted by Crippen LogP contribution is 2.30. The molecule has 0 aliphatic heterocycles. The molecule has 1 aromatic heterocycles. The smallest absolute Gasteiger partial charge is 0.174 e. The van der Waals surface area contributed by atoms with E-state index >= 15 is 0 Å². The number of ether oxygens (including phenoxy) is 2. The molecule has 1 heterocycles. The molecule has 0 saturated carbocycles. The first-order chi connectivity index (χ1) is 7.60. The molecule has 1 rings (SSSR count). The summed E-state index contributed by atoms with van der Waals surface area (Å²) >= 11 is 0. The van der Waals surface area contributed by atoms with Gasteiger partial charge in [-0.15, -0.1) is 0 Å². The molecule has 0 atom stereocenters. The fourth-order valence-electron chi connectivity index (χ4n) is 1.43. The minimum atomic E-state index is 0.0214. The van der Waals surface area contributed by atoms with Gasteiger partial charge in [0.15, 0.2) is 6.61 Å². The van der Waals surface area contributed by atoms with E-state index in [9.17, 15) is 0 Å². The zero-order chi connectivity index (χ0) is 12.1. The summed E-state index contributed by atoms with van der Waals surface area (Å²) in [6.45, 7) is 5.98. The van der Waals surface area contributed by atoms with Crippen molar-refractivity contribution in [2.45, 2.75) is 26.7 Å². The van der Waals surface area contributed by atoms with Gasteiger partial charge in [-0.1, -0.05) is 13.8 Å². The average molecular weight is 220 g/mol. The highest BCUT2D eigenvalue weighted by atomic mass is 16.5. The molecule has 0 aliphatic carbocycles. The van der Waals surface area contributed by atoms with Crippen molar-refractivity contribution in [1.82, 2.24) is 4.98 Å². The number of methoxy groups -OCH3 is 1. The van der Waals surface area contributed by atoms with Gasteiger partial charge in [0.2, 0.25) is 0 Å². The molecule has 0 bridgehead atoms. The van der Waals surface area contributed by atoms with Crippen LogP contribution in [0.3, 0.4) is 0 Å². The van der Waals surface area contributed by atoms with Crippen molar-refractivity contribution in [3.05, 3.63) is 17.5 Å². The number of rotatable bonds is 4. The van der Waals surface area contributed by atoms with Crippen LogP contribution in [0.5, 0.6) is 11.5 Å². The summed E-state index contributed by atoms with van der Waals surface area (Å²) in [4.78, 5) is 4.44. The van der Waals surface area contributed by atoms with E-state index in [1.807, 2.05) is 26.8 Å². The highest BCUT2D eigenvalue weighted by Gasteiger charge is 2.13. The second kappa shape index (κ2) is 5.36. The number of pyridine rings is 1. The normalized spacial score (nSPS) is 10.0. The maximum absolute atomic E-state index is 8.51. The summed E-state index contributed by atoms with van der Waals surface area (Å²) in [5.41, 5.74) is 1.68. The minimum absolute atomic E-state index is 0.0214. The van der Waals surface area contributed by atoms with Crippen LogP contribution in [0.1, 0.15) is 31.2 Å². The minimum Gasteiger partial charge on any atom is -0.495 e. The first-order valence-corrected chi connectivity index (χ1v) is 5.15. The van der Waals surface area contributed by atoms with Gasteiger partial charge in [-0.05, 0) is 12.8 Å². The molecule has 0 aromatic carbocycles. The summed E-state index contributed by atoms with van der Waals surface area (Å²) in [7, 11) is 1.59. The van der Waals surface area contributed by atoms with Crippen molar-refractivity contribution < 1.29 is 9.47 Å². The van der Waals surface area contributed by atoms with Crippen LogP contribution in [0, 0.1) is 18.3 Å². The van der Waals surface area contributed by atoms with Crippen LogP contribution in [0.2, 0.25) is 0 Å². The summed E-state index contributed by atoms with van der Waals surface area (Å²) in [6.07, 6.45) is 0. The Hall–Kier alpha value is -1.76. The van der Waals surface area contributed by atoms with Gasteiger partial charge in [-0.25, -0.2) is 0 Å². The number of aryl methyl sites for hydroxylation is 1. The Kier molecular flexibility index (Phi) is 4.12. The van der Waals surface area contributed by atoms with Crippen molar-refractivity contribution >= 4 is 0 Å². The van der Waals surface area contributed by atoms with Crippen LogP contribution in [0.15, 0.2) is 6.07 Å². The second-order valence-corrected chi connectivity index (χ2v) is 3.76. The van der Waals surface area contributed by atoms with Gasteiger partial charge in [0.05, 0.1) is 18.5 Å². The molecule has 0 unspecified atom stereocenters. The average Bonchev–Trinajstić information content (AvgIpc) is 2.26. The molecule has 0 saturated heterocycles. The third-order valence-corrected chi connectivity index (χ3v) is 2.22. The van der Waals surface area contributed by atoms with Gasteiger partial charge in [0.1, 0.15) is 17.6 Å². The highest BCUT2D eigenvalue weighted by molar-refractivity contribution is 5.40. The second-order valence-electron chi connectivity index (χ2n) is 3.76. The maximum atomic E-state index is 8.51. The van der Waals surface area contributed by atoms with E-state index in [1.54, 1.807) is 13.2 Å². The van der Waals surface area contributed by atoms with Gasteiger partial charge in [0.25, 0.3) is 0 Å². The number of hydrogen-bond donors (Lipinski definition) is 0. The van der Waals surface area contributed by atoms with Crippen molar-refractivity contribution in [3.63, 3.8) is 0 Å². The van der Waals surface area contributed by atoms with Crippen LogP contribution in [-0.4, -0.2) is 18.7 Å². The Balaban J connectivity index is 3.15. The lowest BCUT2D eigenvalue weighted by molar-refractivity contribution is 0.351. The topological polar surface area (TPSA) is 55.1 Å². The van der Waals surface area contributed by atoms with Gasteiger partial charge in [-0.2, -0.15) is 5.26 Å². The third-order valence-electron chi connectivity index (χ3n) is 2.22. The monoisotopic (exact) mass is 220 g/mol. The Morgan fingerprint density at radius 1 is 1.44 bits per heavy atom. The lowest BCUT2D eigenvalue weighted by Crippen LogP contribution is -2.04. The lowest BCUT2D eigenvalue weighted by Gasteiger charge is -2.14. The number of aromatic nitrogens is 1. The summed E-state index contributed by atoms with van der Waals surface area (Å²) < 4.78 is 10.5. The van der Waals surface area contributed by atoms with E-state index in [2.05, 4.69) is 4.98 Å². The SMILES string of the molecule is COc1cc(OCC#N)c(C(C)C)nc1C. The molecule has 16 heavy (non-hydrogen) atoms. The fraction of sp³-hybridized carbons (Fsp3) is 0.500. The van der Waals surface area contributed by atoms with Gasteiger partial charge >= 0.3 is 0 Å². The zero-order valence-corrected chi connectivity index (χ0v) is 10.1. The van der Waals surface area contributed by atoms with Crippen molar-refractivity contribution in [2.75, 3.05) is 13.7 Å². The largest absolute Gasteiger partial charge is 0.495 e. The molecule has 0 fully saturated rings. The van der Waals surface area contributed by atoms with Crippen LogP contribution in [0.4, 0.5) is 0 Å². The van der Waals surface area contributed by atoms with Crippen molar-refractivity contribution in [3.8, 4) is 17.6 Å². The summed E-state index contributed by atoms with van der Waals surface area (Å²) in [5, 5.41) is 8.51. The molecule has 86 valence electrons. The third kappa shape index (κ3) is 2.63. The summed E-state index contributed by atoms with van der Waals surface area (Å²) in [5.74, 6) is 1.55. The molecule has 1 aromatic rings. The first kappa shape index (κ1) is 12.3. The van der Waals surface area contributed by atoms with Crippen LogP contribution >= 0.6 is 0 Å². The molecule has 0 amide bonds. The van der Waals surface area contributed by atoms with E-state index in [0.717, 1.165) is 11.4 Å². The molecular weight excluding hydrogens is 204 g/mol. The molecule has 0 spiro atoms. The molecule has 4 heteroatoms. The maximum Gasteiger partial charge on any atom is 0.174 e. The molecule has 0 N–H and O–H groups in total. The van der Waals surface area contributed by atoms with E-state index in [4.69, 9.17) is 14.7 Å². The van der Waals surface area contributed by atoms with Crippen LogP contribution in [-0.2, 0) is 0 Å². The van der Waals surface area contributed by atoms with E-state index in [1.165, 1.54) is 0 Å². The molecular formula is C12H16N2O2. The molecule has 0 radical (unpaired) electrons. The number of nitrogens with zero attached hydrogens (tertiary/aromatic N) is 2. The standard InChI is InChI=1S/C12H16N2O2/c1-8(2)12-11(16-6-5-13)7-10(15-4)9(3)14-12/h7-8H,6H2,1-4H3. The van der Waals surface area contributed by atoms with Gasteiger partial charge in [-0.3, -0.25) is 4.98 Å². The molecule has 0 aliphatic rings. The Morgan fingerprint density at radius 3 is 2.62 bits per heavy atom. The van der Waals surface area contributed by atoms with Gasteiger partial charge in [0, 0.05) is 6.07 Å². The number of nitriles is 1. The molecule has 4 nitrogen and oxygen atoms in total. The quantitative estimate of drug-likeness (QED) is 0.782. The van der Waals surface area contributed by atoms with E-state index in [-0.39, 0.29) is 12.5 Å². The zero-order valence-electron chi connectivity index (χ0n) is 10.1. The summed E-state index contributed by atoms with van der Waals surface area (Å²) in [6, 6.07) is 3.73. The Bertz CT molecular complexity index is 408. The Labute approximate surface area is 95.8 Å². The fourth-order valence-corrected chi connectivity index (χ4v) is 1.43. The van der Waals surface area contributed by atoms with Crippen LogP contribution < -0.4 is 9.47 Å². The number of hydrogen-bond acceptors (Lipinski definition) is 4.